The molecule has 0 amide bonds. The number of Topliss-reactive ketones (excluding diaryl/α,β-unsaturated/α-hetero) is 1. The van der Waals surface area contributed by atoms with Gasteiger partial charge in [0.05, 0.1) is 0 Å². The lowest BCUT2D eigenvalue weighted by Gasteiger charge is -2.04. The molecule has 1 atom stereocenters. The topological polar surface area (TPSA) is 17.1 Å². The van der Waals surface area contributed by atoms with E-state index in [0.29, 0.717) is 11.0 Å². The van der Waals surface area contributed by atoms with Gasteiger partial charge in [-0.05, 0) is 18.6 Å². The Labute approximate surface area is 66.6 Å². The minimum absolute atomic E-state index is 0.430. The van der Waals surface area contributed by atoms with E-state index in [9.17, 15) is 4.79 Å². The first-order valence-corrected chi connectivity index (χ1v) is 5.01. The van der Waals surface area contributed by atoms with Crippen molar-refractivity contribution in [3.63, 3.8) is 0 Å². The molecular weight excluding hydrogens is 144 g/mol. The van der Waals surface area contributed by atoms with Crippen LogP contribution < -0.4 is 0 Å². The zero-order chi connectivity index (χ0) is 7.40. The van der Waals surface area contributed by atoms with E-state index in [4.69, 9.17) is 0 Å². The molecule has 0 saturated carbocycles. The largest absolute Gasteiger partial charge is 0.300 e. The molecule has 1 aliphatic heterocycles. The Bertz CT molecular complexity index is 116. The first-order valence-electron chi connectivity index (χ1n) is 3.96. The number of hydrogen-bond acceptors (Lipinski definition) is 2. The lowest BCUT2D eigenvalue weighted by atomic mass is 10.1. The second kappa shape index (κ2) is 4.02. The molecule has 1 fully saturated rings. The van der Waals surface area contributed by atoms with Crippen LogP contribution >= 0.6 is 11.8 Å². The number of carbonyl (C=O) groups is 1. The minimum Gasteiger partial charge on any atom is -0.300 e. The number of hydrogen-bond donors (Lipinski definition) is 0. The summed E-state index contributed by atoms with van der Waals surface area (Å²) in [4.78, 5) is 11.0. The maximum absolute atomic E-state index is 11.0. The van der Waals surface area contributed by atoms with Gasteiger partial charge in [0.1, 0.15) is 5.78 Å². The zero-order valence-electron chi connectivity index (χ0n) is 6.43. The van der Waals surface area contributed by atoms with Crippen LogP contribution in [0.2, 0.25) is 0 Å². The molecule has 0 aliphatic carbocycles. The van der Waals surface area contributed by atoms with Crippen molar-refractivity contribution in [1.82, 2.24) is 0 Å². The van der Waals surface area contributed by atoms with Crippen molar-refractivity contribution < 1.29 is 4.79 Å². The summed E-state index contributed by atoms with van der Waals surface area (Å²) in [5.74, 6) is 1.70. The third-order valence-electron chi connectivity index (χ3n) is 1.87. The average Bonchev–Trinajstić information content (AvgIpc) is 2.40. The molecular formula is C8H14OS. The van der Waals surface area contributed by atoms with E-state index in [-0.39, 0.29) is 0 Å². The van der Waals surface area contributed by atoms with Gasteiger partial charge in [0, 0.05) is 18.1 Å². The summed E-state index contributed by atoms with van der Waals surface area (Å²) in [6.45, 7) is 1.95. The monoisotopic (exact) mass is 158 g/mol. The average molecular weight is 158 g/mol. The molecule has 1 nitrogen and oxygen atoms in total. The third kappa shape index (κ3) is 2.33. The maximum Gasteiger partial charge on any atom is 0.133 e. The van der Waals surface area contributed by atoms with Gasteiger partial charge in [-0.3, -0.25) is 4.79 Å². The summed E-state index contributed by atoms with van der Waals surface area (Å²) >= 11 is 1.97. The van der Waals surface area contributed by atoms with Crippen LogP contribution in [0.25, 0.3) is 0 Å². The summed E-state index contributed by atoms with van der Waals surface area (Å²) in [5, 5.41) is 0.660. The summed E-state index contributed by atoms with van der Waals surface area (Å²) in [6, 6.07) is 0. The molecule has 0 radical (unpaired) electrons. The Hall–Kier alpha value is 0.0200. The molecule has 0 aromatic carbocycles. The fourth-order valence-electron chi connectivity index (χ4n) is 1.20. The Morgan fingerprint density at radius 1 is 1.70 bits per heavy atom. The fourth-order valence-corrected chi connectivity index (χ4v) is 2.51. The SMILES string of the molecule is CCC(=O)CC1CCCS1. The third-order valence-corrected chi connectivity index (χ3v) is 3.27. The van der Waals surface area contributed by atoms with Crippen molar-refractivity contribution in [2.24, 2.45) is 0 Å². The van der Waals surface area contributed by atoms with Crippen LogP contribution in [-0.4, -0.2) is 16.8 Å². The van der Waals surface area contributed by atoms with Crippen LogP contribution in [0.1, 0.15) is 32.6 Å². The zero-order valence-corrected chi connectivity index (χ0v) is 7.25. The number of ketones is 1. The van der Waals surface area contributed by atoms with E-state index in [1.807, 2.05) is 18.7 Å². The predicted octanol–water partition coefficient (Wildman–Crippen LogP) is 2.25. The van der Waals surface area contributed by atoms with Gasteiger partial charge in [-0.15, -0.1) is 0 Å². The molecule has 2 heteroatoms. The van der Waals surface area contributed by atoms with Crippen molar-refractivity contribution >= 4 is 17.5 Å². The van der Waals surface area contributed by atoms with Crippen molar-refractivity contribution in [2.45, 2.75) is 37.9 Å². The molecule has 0 aromatic rings. The Balaban J connectivity index is 2.17. The van der Waals surface area contributed by atoms with Gasteiger partial charge in [-0.2, -0.15) is 11.8 Å². The molecule has 1 rings (SSSR count). The quantitative estimate of drug-likeness (QED) is 0.626. The van der Waals surface area contributed by atoms with Crippen LogP contribution in [0.4, 0.5) is 0 Å². The Morgan fingerprint density at radius 2 is 2.50 bits per heavy atom. The Morgan fingerprint density at radius 3 is 3.00 bits per heavy atom. The molecule has 10 heavy (non-hydrogen) atoms. The van der Waals surface area contributed by atoms with Gasteiger partial charge >= 0.3 is 0 Å². The maximum atomic E-state index is 11.0. The first-order chi connectivity index (χ1) is 4.83. The molecule has 1 saturated heterocycles. The number of carbonyl (C=O) groups excluding carboxylic acids is 1. The lowest BCUT2D eigenvalue weighted by Crippen LogP contribution is -2.05. The van der Waals surface area contributed by atoms with Crippen molar-refractivity contribution in [3.05, 3.63) is 0 Å². The molecule has 0 bridgehead atoms. The van der Waals surface area contributed by atoms with E-state index in [1.54, 1.807) is 0 Å². The van der Waals surface area contributed by atoms with Crippen LogP contribution in [0.3, 0.4) is 0 Å². The van der Waals surface area contributed by atoms with E-state index < -0.39 is 0 Å². The van der Waals surface area contributed by atoms with Crippen LogP contribution in [0, 0.1) is 0 Å². The minimum atomic E-state index is 0.430. The van der Waals surface area contributed by atoms with Gasteiger partial charge in [0.25, 0.3) is 0 Å². The standard InChI is InChI=1S/C8H14OS/c1-2-7(9)6-8-4-3-5-10-8/h8H,2-6H2,1H3. The molecule has 0 N–H and O–H groups in total. The molecule has 1 unspecified atom stereocenters. The highest BCUT2D eigenvalue weighted by atomic mass is 32.2. The normalized spacial score (nSPS) is 25.1. The lowest BCUT2D eigenvalue weighted by molar-refractivity contribution is -0.118. The van der Waals surface area contributed by atoms with Crippen LogP contribution in [0.15, 0.2) is 0 Å². The predicted molar refractivity (Wildman–Crippen MR) is 45.4 cm³/mol. The van der Waals surface area contributed by atoms with E-state index >= 15 is 0 Å². The summed E-state index contributed by atoms with van der Waals surface area (Å²) in [7, 11) is 0. The molecule has 0 spiro atoms. The molecule has 1 aliphatic rings. The van der Waals surface area contributed by atoms with Gasteiger partial charge in [-0.25, -0.2) is 0 Å². The Kier molecular flexibility index (Phi) is 3.26. The second-order valence-corrected chi connectivity index (χ2v) is 4.14. The van der Waals surface area contributed by atoms with Crippen LogP contribution in [0.5, 0.6) is 0 Å². The highest BCUT2D eigenvalue weighted by Gasteiger charge is 2.17. The van der Waals surface area contributed by atoms with Crippen LogP contribution in [-0.2, 0) is 4.79 Å². The van der Waals surface area contributed by atoms with Crippen molar-refractivity contribution in [3.8, 4) is 0 Å². The van der Waals surface area contributed by atoms with Gasteiger partial charge in [0.2, 0.25) is 0 Å². The van der Waals surface area contributed by atoms with Gasteiger partial charge in [0.15, 0.2) is 0 Å². The van der Waals surface area contributed by atoms with E-state index in [1.165, 1.54) is 18.6 Å². The summed E-state index contributed by atoms with van der Waals surface area (Å²) in [6.07, 6.45) is 4.11. The summed E-state index contributed by atoms with van der Waals surface area (Å²) in [5.41, 5.74) is 0. The molecule has 1 heterocycles. The van der Waals surface area contributed by atoms with Gasteiger partial charge < -0.3 is 0 Å². The second-order valence-electron chi connectivity index (χ2n) is 2.73. The number of thioether (sulfide) groups is 1. The number of rotatable bonds is 3. The molecule has 0 aromatic heterocycles. The van der Waals surface area contributed by atoms with E-state index in [0.717, 1.165) is 12.8 Å². The summed E-state index contributed by atoms with van der Waals surface area (Å²) < 4.78 is 0. The van der Waals surface area contributed by atoms with Gasteiger partial charge in [-0.1, -0.05) is 6.92 Å². The van der Waals surface area contributed by atoms with Crippen molar-refractivity contribution in [2.75, 3.05) is 5.75 Å². The fraction of sp³-hybridized carbons (Fsp3) is 0.875. The molecule has 58 valence electrons. The van der Waals surface area contributed by atoms with Crippen molar-refractivity contribution in [1.29, 1.82) is 0 Å². The highest BCUT2D eigenvalue weighted by Crippen LogP contribution is 2.28. The van der Waals surface area contributed by atoms with E-state index in [2.05, 4.69) is 0 Å². The highest BCUT2D eigenvalue weighted by molar-refractivity contribution is 8.00. The first kappa shape index (κ1) is 8.12. The smallest absolute Gasteiger partial charge is 0.133 e.